The zero-order valence-corrected chi connectivity index (χ0v) is 19.5. The number of carbonyl (C=O) groups is 5. The number of hydrogen-bond acceptors (Lipinski definition) is 10. The van der Waals surface area contributed by atoms with Crippen LogP contribution >= 0.6 is 0 Å². The highest BCUT2D eigenvalue weighted by Gasteiger charge is 2.38. The molecule has 2 fully saturated rings. The third kappa shape index (κ3) is 6.71. The van der Waals surface area contributed by atoms with Crippen molar-refractivity contribution in [2.45, 2.75) is 31.9 Å². The highest BCUT2D eigenvalue weighted by Crippen LogP contribution is 2.29. The molecule has 0 bridgehead atoms. The van der Waals surface area contributed by atoms with Crippen molar-refractivity contribution in [1.29, 1.82) is 0 Å². The second-order valence-corrected chi connectivity index (χ2v) is 8.18. The summed E-state index contributed by atoms with van der Waals surface area (Å²) in [6.45, 7) is 0. The minimum atomic E-state index is -1.66. The van der Waals surface area contributed by atoms with Gasteiger partial charge < -0.3 is 9.84 Å². The predicted molar refractivity (Wildman–Crippen MR) is 124 cm³/mol. The fraction of sp³-hybridized carbons (Fsp3) is 0.261. The van der Waals surface area contributed by atoms with Gasteiger partial charge >= 0.3 is 6.16 Å². The van der Waals surface area contributed by atoms with Crippen LogP contribution in [0.2, 0.25) is 0 Å². The van der Waals surface area contributed by atoms with E-state index in [4.69, 9.17) is 5.11 Å². The van der Waals surface area contributed by atoms with Crippen LogP contribution in [-0.2, 0) is 30.3 Å². The van der Waals surface area contributed by atoms with Gasteiger partial charge in [-0.2, -0.15) is 0 Å². The van der Waals surface area contributed by atoms with Crippen LogP contribution in [0.5, 0.6) is 0 Å². The molecule has 4 rings (SSSR count). The van der Waals surface area contributed by atoms with E-state index >= 15 is 0 Å². The van der Waals surface area contributed by atoms with Crippen LogP contribution in [0.1, 0.15) is 36.6 Å². The van der Waals surface area contributed by atoms with Crippen molar-refractivity contribution >= 4 is 41.2 Å². The summed E-state index contributed by atoms with van der Waals surface area (Å²) < 4.78 is 4.59. The maximum atomic E-state index is 11.7. The van der Waals surface area contributed by atoms with Crippen molar-refractivity contribution in [3.05, 3.63) is 79.9 Å². The Labute approximate surface area is 213 Å². The summed E-state index contributed by atoms with van der Waals surface area (Å²) in [5.74, 6) is -1.99. The lowest BCUT2D eigenvalue weighted by atomic mass is 9.98. The van der Waals surface area contributed by atoms with E-state index in [2.05, 4.69) is 10.1 Å². The molecule has 2 aliphatic heterocycles. The van der Waals surface area contributed by atoms with E-state index in [1.165, 1.54) is 24.3 Å². The zero-order chi connectivity index (χ0) is 28.0. The number of ether oxygens (including phenoxy) is 1. The molecule has 4 amide bonds. The number of hydrogen-bond donors (Lipinski definition) is 2. The van der Waals surface area contributed by atoms with E-state index in [1.807, 2.05) is 0 Å². The molecule has 0 aromatic heterocycles. The Kier molecular flexibility index (Phi) is 8.42. The second-order valence-electron chi connectivity index (χ2n) is 8.18. The summed E-state index contributed by atoms with van der Waals surface area (Å²) in [4.78, 5) is 77.1. The summed E-state index contributed by atoms with van der Waals surface area (Å²) in [5, 5.41) is 32.0. The number of non-ortho nitro benzene ring substituents is 2. The van der Waals surface area contributed by atoms with E-state index in [0.29, 0.717) is 6.42 Å². The molecule has 2 unspecified atom stereocenters. The average Bonchev–Trinajstić information content (AvgIpc) is 3.37. The molecule has 2 atom stereocenters. The topological polar surface area (TPSA) is 216 Å². The Morgan fingerprint density at radius 2 is 1.45 bits per heavy atom. The number of benzene rings is 2. The molecule has 2 aromatic carbocycles. The molecule has 2 N–H and O–H groups in total. The van der Waals surface area contributed by atoms with Gasteiger partial charge in [-0.15, -0.1) is 0 Å². The van der Waals surface area contributed by atoms with Crippen LogP contribution in [0.25, 0.3) is 0 Å². The fourth-order valence-electron chi connectivity index (χ4n) is 3.79. The summed E-state index contributed by atoms with van der Waals surface area (Å²) in [6.07, 6.45) is -2.53. The number of rotatable bonds is 7. The lowest BCUT2D eigenvalue weighted by Crippen LogP contribution is -2.36. The fourth-order valence-corrected chi connectivity index (χ4v) is 3.79. The molecular formula is C23H20N4O11. The van der Waals surface area contributed by atoms with E-state index in [0.717, 1.165) is 22.6 Å². The third-order valence-corrected chi connectivity index (χ3v) is 5.62. The van der Waals surface area contributed by atoms with Crippen LogP contribution in [0.15, 0.2) is 48.5 Å². The molecule has 2 saturated heterocycles. The van der Waals surface area contributed by atoms with Crippen molar-refractivity contribution in [1.82, 2.24) is 10.2 Å². The number of nitrogens with one attached hydrogen (secondary N) is 1. The highest BCUT2D eigenvalue weighted by molar-refractivity contribution is 6.03. The van der Waals surface area contributed by atoms with E-state index in [9.17, 15) is 44.2 Å². The van der Waals surface area contributed by atoms with Gasteiger partial charge in [0.25, 0.3) is 11.4 Å². The number of nitrogens with zero attached hydrogens (tertiary/aromatic N) is 3. The standard InChI is InChI=1S/C12H10N2O7.C11H10N2O4/c15-9-5-6-10(16)13(9)11(21-12(17)18)7-1-3-8(4-2-7)14(19)20;14-10-6-8(11(15)12-10)5-7-1-3-9(4-2-7)13(16)17/h1-4,11H,5-6H2,(H,17,18);1-4,8H,5-6H2,(H,12,14,15). The maximum Gasteiger partial charge on any atom is 0.507 e. The monoisotopic (exact) mass is 528 g/mol. The Hall–Kier alpha value is -5.21. The first-order chi connectivity index (χ1) is 18.0. The zero-order valence-electron chi connectivity index (χ0n) is 19.5. The van der Waals surface area contributed by atoms with E-state index in [1.54, 1.807) is 12.1 Å². The number of nitro benzene ring substituents is 2. The van der Waals surface area contributed by atoms with Crippen LogP contribution in [0, 0.1) is 26.1 Å². The van der Waals surface area contributed by atoms with Gasteiger partial charge in [0.1, 0.15) is 0 Å². The van der Waals surface area contributed by atoms with Gasteiger partial charge in [-0.05, 0) is 24.1 Å². The van der Waals surface area contributed by atoms with Crippen molar-refractivity contribution in [2.24, 2.45) is 5.92 Å². The number of amides is 4. The van der Waals surface area contributed by atoms with E-state index < -0.39 is 34.0 Å². The molecule has 15 nitrogen and oxygen atoms in total. The Balaban J connectivity index is 0.000000215. The van der Waals surface area contributed by atoms with Crippen molar-refractivity contribution in [3.63, 3.8) is 0 Å². The van der Waals surface area contributed by atoms with Gasteiger partial charge in [-0.25, -0.2) is 9.69 Å². The lowest BCUT2D eigenvalue weighted by Gasteiger charge is -2.24. The Morgan fingerprint density at radius 3 is 1.87 bits per heavy atom. The first-order valence-corrected chi connectivity index (χ1v) is 11.0. The second kappa shape index (κ2) is 11.7. The normalized spacial score (nSPS) is 17.4. The first kappa shape index (κ1) is 27.4. The van der Waals surface area contributed by atoms with Crippen LogP contribution < -0.4 is 5.32 Å². The summed E-state index contributed by atoms with van der Waals surface area (Å²) in [5.41, 5.74) is 0.782. The molecule has 0 radical (unpaired) electrons. The molecule has 198 valence electrons. The average molecular weight is 528 g/mol. The molecule has 0 spiro atoms. The number of nitro groups is 2. The van der Waals surface area contributed by atoms with Crippen molar-refractivity contribution < 1.29 is 43.7 Å². The molecule has 2 heterocycles. The molecule has 38 heavy (non-hydrogen) atoms. The summed E-state index contributed by atoms with van der Waals surface area (Å²) >= 11 is 0. The minimum absolute atomic E-state index is 0.0145. The largest absolute Gasteiger partial charge is 0.507 e. The number of carbonyl (C=O) groups excluding carboxylic acids is 4. The van der Waals surface area contributed by atoms with Crippen molar-refractivity contribution in [3.8, 4) is 0 Å². The van der Waals surface area contributed by atoms with Gasteiger partial charge in [0.05, 0.1) is 15.8 Å². The van der Waals surface area contributed by atoms with Gasteiger partial charge in [-0.1, -0.05) is 12.1 Å². The van der Waals surface area contributed by atoms with Gasteiger partial charge in [0.2, 0.25) is 29.9 Å². The van der Waals surface area contributed by atoms with Gasteiger partial charge in [0, 0.05) is 49.1 Å². The van der Waals surface area contributed by atoms with Crippen LogP contribution in [0.3, 0.4) is 0 Å². The lowest BCUT2D eigenvalue weighted by molar-refractivity contribution is -0.385. The quantitative estimate of drug-likeness (QED) is 0.230. The molecule has 0 aliphatic carbocycles. The molecular weight excluding hydrogens is 508 g/mol. The third-order valence-electron chi connectivity index (χ3n) is 5.62. The number of likely N-dealkylation sites (tertiary alicyclic amines) is 1. The van der Waals surface area contributed by atoms with Crippen LogP contribution in [0.4, 0.5) is 16.2 Å². The first-order valence-electron chi connectivity index (χ1n) is 11.0. The molecule has 15 heteroatoms. The minimum Gasteiger partial charge on any atom is -0.450 e. The SMILES string of the molecule is O=C(O)OC(c1ccc([N+](=O)[O-])cc1)N1C(=O)CCC1=O.O=C1CC(Cc2ccc([N+](=O)[O-])cc2)C(=O)N1. The van der Waals surface area contributed by atoms with Crippen LogP contribution in [-0.4, -0.2) is 49.6 Å². The van der Waals surface area contributed by atoms with Gasteiger partial charge in [0.15, 0.2) is 0 Å². The summed E-state index contributed by atoms with van der Waals surface area (Å²) in [6, 6.07) is 10.8. The Bertz CT molecular complexity index is 1280. The van der Waals surface area contributed by atoms with Gasteiger partial charge in [-0.3, -0.25) is 44.7 Å². The summed E-state index contributed by atoms with van der Waals surface area (Å²) in [7, 11) is 0. The molecule has 2 aromatic rings. The maximum absolute atomic E-state index is 11.7. The smallest absolute Gasteiger partial charge is 0.450 e. The van der Waals surface area contributed by atoms with Crippen molar-refractivity contribution in [2.75, 3.05) is 0 Å². The number of imide groups is 2. The molecule has 0 saturated carbocycles. The predicted octanol–water partition coefficient (Wildman–Crippen LogP) is 2.24. The Morgan fingerprint density at radius 1 is 0.947 bits per heavy atom. The molecule has 2 aliphatic rings. The number of carboxylic acid groups (broad SMARTS) is 1. The van der Waals surface area contributed by atoms with E-state index in [-0.39, 0.29) is 53.9 Å². The highest BCUT2D eigenvalue weighted by atomic mass is 16.7.